The van der Waals surface area contributed by atoms with Gasteiger partial charge in [-0.15, -0.1) is 11.3 Å². The number of carbonyl (C=O) groups excluding carboxylic acids is 6. The average Bonchev–Trinajstić information content (AvgIpc) is 4.03. The van der Waals surface area contributed by atoms with Crippen molar-refractivity contribution >= 4 is 62.9 Å². The molecule has 1 aromatic carbocycles. The summed E-state index contributed by atoms with van der Waals surface area (Å²) in [6.07, 6.45) is 12.1. The minimum atomic E-state index is -1.09. The summed E-state index contributed by atoms with van der Waals surface area (Å²) >= 11 is 1.17. The van der Waals surface area contributed by atoms with Gasteiger partial charge in [-0.3, -0.25) is 24.0 Å². The van der Waals surface area contributed by atoms with Gasteiger partial charge in [-0.25, -0.2) is 14.6 Å². The number of rotatable bonds is 22. The smallest absolute Gasteiger partial charge is 0.415 e. The fraction of sp³-hybridized carbons (Fsp3) is 0.683. The number of carbonyl (C=O) groups is 7. The summed E-state index contributed by atoms with van der Waals surface area (Å²) in [6, 6.07) is 5.85. The molecule has 7 rings (SSSR count). The van der Waals surface area contributed by atoms with E-state index in [1.54, 1.807) is 59.9 Å². The molecule has 5 aliphatic carbocycles. The molecule has 77 heavy (non-hydrogen) atoms. The topological polar surface area (TPSA) is 236 Å². The number of likely N-dealkylation sites (N-methyl/N-ethyl adjacent to an activating group) is 1. The van der Waals surface area contributed by atoms with Crippen molar-refractivity contribution in [2.75, 3.05) is 33.2 Å². The van der Waals surface area contributed by atoms with E-state index < -0.39 is 23.5 Å². The van der Waals surface area contributed by atoms with Crippen LogP contribution in [0.5, 0.6) is 5.75 Å². The Balaban J connectivity index is 0.845. The van der Waals surface area contributed by atoms with Crippen LogP contribution in [0.15, 0.2) is 40.5 Å². The van der Waals surface area contributed by atoms with Gasteiger partial charge in [0, 0.05) is 86.3 Å². The van der Waals surface area contributed by atoms with E-state index in [1.807, 2.05) is 6.07 Å². The number of hydrogen-bond donors (Lipinski definition) is 4. The van der Waals surface area contributed by atoms with E-state index in [1.165, 1.54) is 59.7 Å². The lowest BCUT2D eigenvalue weighted by Gasteiger charge is -2.61. The lowest BCUT2D eigenvalue weighted by atomic mass is 9.44. The van der Waals surface area contributed by atoms with E-state index in [-0.39, 0.29) is 103 Å². The van der Waals surface area contributed by atoms with Crippen LogP contribution < -0.4 is 15.4 Å². The number of amides is 4. The lowest BCUT2D eigenvalue weighted by molar-refractivity contribution is -0.142. The minimum Gasteiger partial charge on any atom is -0.480 e. The zero-order chi connectivity index (χ0) is 56.1. The number of aliphatic hydroxyl groups excluding tert-OH is 1. The first-order valence-corrected chi connectivity index (χ1v) is 29.2. The predicted octanol–water partition coefficient (Wildman–Crippen LogP) is 9.72. The molecule has 0 spiro atoms. The first-order chi connectivity index (χ1) is 36.4. The molecule has 4 saturated carbocycles. The van der Waals surface area contributed by atoms with Crippen LogP contribution in [-0.2, 0) is 28.8 Å². The Morgan fingerprint density at radius 2 is 1.60 bits per heavy atom. The highest BCUT2D eigenvalue weighted by molar-refractivity contribution is 7.19. The highest BCUT2D eigenvalue weighted by Gasteiger charge is 2.60. The number of ketones is 2. The number of aliphatic hydroxyl groups is 1. The highest BCUT2D eigenvalue weighted by atomic mass is 32.1. The van der Waals surface area contributed by atoms with Crippen molar-refractivity contribution in [2.45, 2.75) is 177 Å². The third kappa shape index (κ3) is 13.2. The molecule has 4 amide bonds. The fourth-order valence-electron chi connectivity index (χ4n) is 14.9. The number of benzene rings is 1. The van der Waals surface area contributed by atoms with Crippen molar-refractivity contribution in [1.82, 2.24) is 25.4 Å². The number of Topliss-reactive ketones (excluding diaryl/α,β-unsaturated/α-hetero) is 2. The van der Waals surface area contributed by atoms with Gasteiger partial charge in [-0.05, 0) is 169 Å². The molecule has 420 valence electrons. The number of carboxylic acids is 1. The standard InChI is InChI=1S/C60H84N6O10S/c1-35(43-19-20-44-42-18-16-39-31-40(67)23-25-59(39,7)45(42)24-26-60(43,44)8)15-22-50(69)63-47(56(73)74)13-10-11-27-62-49(68)14-12-28-66(57(75)76-41-17-21-46-48(32-41)77-51(34-61)64-46)30-29-65(9)52(70)33-58(5,6)53-38(4)54(71)36(2)37(3)55(53)72/h17,21,32,35,39-40,42-45,47,67H,10-16,18-20,22-31,33H2,1-9H3,(H,62,68)(H,63,69)(H,73,74)/t35-,39-,40-,42+,43-,44+,45+,47?,59+,60-/m1/s1. The van der Waals surface area contributed by atoms with Crippen LogP contribution in [0.2, 0.25) is 0 Å². The van der Waals surface area contributed by atoms with Gasteiger partial charge in [-0.1, -0.05) is 34.6 Å². The van der Waals surface area contributed by atoms with Crippen LogP contribution in [0, 0.1) is 63.1 Å². The number of thiazole rings is 1. The first-order valence-electron chi connectivity index (χ1n) is 28.3. The number of nitrogens with one attached hydrogen (secondary N) is 2. The summed E-state index contributed by atoms with van der Waals surface area (Å²) in [6.45, 7) is 16.3. The summed E-state index contributed by atoms with van der Waals surface area (Å²) < 4.78 is 6.43. The van der Waals surface area contributed by atoms with E-state index in [9.17, 15) is 49.0 Å². The largest absolute Gasteiger partial charge is 0.480 e. The molecular weight excluding hydrogens is 997 g/mol. The van der Waals surface area contributed by atoms with Gasteiger partial charge in [-0.2, -0.15) is 5.26 Å². The molecule has 0 aliphatic heterocycles. The Bertz CT molecular complexity index is 2700. The van der Waals surface area contributed by atoms with Crippen LogP contribution >= 0.6 is 11.3 Å². The van der Waals surface area contributed by atoms with E-state index in [0.29, 0.717) is 81.0 Å². The second-order valence-electron chi connectivity index (χ2n) is 24.6. The van der Waals surface area contributed by atoms with Crippen molar-refractivity contribution in [1.29, 1.82) is 5.26 Å². The summed E-state index contributed by atoms with van der Waals surface area (Å²) in [5.41, 5.74) is 1.64. The number of fused-ring (bicyclic) bond motifs is 6. The monoisotopic (exact) mass is 1080 g/mol. The molecule has 1 heterocycles. The Morgan fingerprint density at radius 1 is 0.883 bits per heavy atom. The summed E-state index contributed by atoms with van der Waals surface area (Å²) in [5.74, 6) is 1.60. The number of allylic oxidation sites excluding steroid dienone is 4. The zero-order valence-electron chi connectivity index (χ0n) is 47.1. The Labute approximate surface area is 459 Å². The van der Waals surface area contributed by atoms with Gasteiger partial charge < -0.3 is 35.4 Å². The fourth-order valence-corrected chi connectivity index (χ4v) is 15.7. The SMILES string of the molecule is CC1=C(C)C(=O)C(C(C)(C)CC(=O)N(C)CCN(CCCC(=O)NCCCCC(NC(=O)CC[C@@H](C)[C@H]2CC[C@H]3[C@@H]4CC[C@@H]5C[C@H](O)CC[C@]5(C)[C@H]4CC[C@]23C)C(=O)O)C(=O)Oc2ccc3nc(C#N)sc3c2)=C(C)C1=O. The summed E-state index contributed by atoms with van der Waals surface area (Å²) in [4.78, 5) is 99.4. The maximum atomic E-state index is 13.7. The molecule has 0 radical (unpaired) electrons. The van der Waals surface area contributed by atoms with Crippen LogP contribution in [-0.4, -0.2) is 112 Å². The molecule has 4 N–H and O–H groups in total. The van der Waals surface area contributed by atoms with E-state index in [0.717, 1.165) is 37.5 Å². The van der Waals surface area contributed by atoms with Gasteiger partial charge in [0.15, 0.2) is 16.6 Å². The average molecular weight is 1080 g/mol. The van der Waals surface area contributed by atoms with Crippen molar-refractivity contribution in [2.24, 2.45) is 51.8 Å². The molecule has 16 nitrogen and oxygen atoms in total. The number of unbranched alkanes of at least 4 members (excludes halogenated alkanes) is 1. The molecule has 17 heteroatoms. The first kappa shape index (κ1) is 59.2. The maximum Gasteiger partial charge on any atom is 0.415 e. The van der Waals surface area contributed by atoms with Crippen LogP contribution in [0.25, 0.3) is 10.2 Å². The molecule has 0 saturated heterocycles. The molecule has 0 bridgehead atoms. The number of ether oxygens (including phenoxy) is 1. The maximum absolute atomic E-state index is 13.7. The van der Waals surface area contributed by atoms with Crippen molar-refractivity contribution in [3.8, 4) is 11.8 Å². The number of nitrogens with zero attached hydrogens (tertiary/aromatic N) is 4. The van der Waals surface area contributed by atoms with E-state index in [2.05, 4.69) is 36.4 Å². The summed E-state index contributed by atoms with van der Waals surface area (Å²) in [7, 11) is 1.60. The molecular formula is C60H84N6O10S. The lowest BCUT2D eigenvalue weighted by Crippen LogP contribution is -2.54. The molecule has 2 aromatic rings. The quantitative estimate of drug-likeness (QED) is 0.0637. The molecule has 5 aliphatic rings. The van der Waals surface area contributed by atoms with Gasteiger partial charge in [0.1, 0.15) is 17.9 Å². The molecule has 1 unspecified atom stereocenters. The Morgan fingerprint density at radius 3 is 2.32 bits per heavy atom. The second kappa shape index (κ2) is 24.7. The number of aliphatic carboxylic acids is 1. The normalized spacial score (nSPS) is 27.0. The minimum absolute atomic E-state index is 0.0556. The molecule has 4 fully saturated rings. The van der Waals surface area contributed by atoms with Crippen LogP contribution in [0.4, 0.5) is 4.79 Å². The third-order valence-electron chi connectivity index (χ3n) is 19.4. The number of nitriles is 1. The Hall–Kier alpha value is -5.47. The Kier molecular flexibility index (Phi) is 19.0. The van der Waals surface area contributed by atoms with E-state index >= 15 is 0 Å². The number of hydrogen-bond acceptors (Lipinski definition) is 12. The number of aromatic nitrogens is 1. The van der Waals surface area contributed by atoms with Gasteiger partial charge >= 0.3 is 12.1 Å². The summed E-state index contributed by atoms with van der Waals surface area (Å²) in [5, 5.41) is 35.7. The third-order valence-corrected chi connectivity index (χ3v) is 20.4. The van der Waals surface area contributed by atoms with Crippen LogP contribution in [0.3, 0.4) is 0 Å². The van der Waals surface area contributed by atoms with Crippen molar-refractivity contribution in [3.05, 3.63) is 45.5 Å². The van der Waals surface area contributed by atoms with Gasteiger partial charge in [0.2, 0.25) is 17.7 Å². The van der Waals surface area contributed by atoms with Gasteiger partial charge in [0.25, 0.3) is 0 Å². The van der Waals surface area contributed by atoms with Crippen molar-refractivity contribution in [3.63, 3.8) is 0 Å². The molecule has 1 aromatic heterocycles. The van der Waals surface area contributed by atoms with Crippen LogP contribution in [0.1, 0.15) is 170 Å². The predicted molar refractivity (Wildman–Crippen MR) is 294 cm³/mol. The number of carboxylic acid groups (broad SMARTS) is 1. The van der Waals surface area contributed by atoms with E-state index in [4.69, 9.17) is 4.74 Å². The zero-order valence-corrected chi connectivity index (χ0v) is 47.9. The van der Waals surface area contributed by atoms with Gasteiger partial charge in [0.05, 0.1) is 16.3 Å². The highest BCUT2D eigenvalue weighted by Crippen LogP contribution is 2.68. The molecule has 10 atom stereocenters. The van der Waals surface area contributed by atoms with Crippen molar-refractivity contribution < 1.29 is 48.5 Å². The second-order valence-corrected chi connectivity index (χ2v) is 25.7.